The third kappa shape index (κ3) is 2.17. The number of amides is 1. The highest BCUT2D eigenvalue weighted by molar-refractivity contribution is 5.99. The van der Waals surface area contributed by atoms with E-state index in [4.69, 9.17) is 9.47 Å². The average Bonchev–Trinajstić information content (AvgIpc) is 2.30. The molecular formula is C12H12N2O4. The van der Waals surface area contributed by atoms with Crippen molar-refractivity contribution in [3.05, 3.63) is 24.9 Å². The molecule has 0 aliphatic carbocycles. The molecule has 0 radical (unpaired) electrons. The molecule has 1 aromatic rings. The zero-order valence-electron chi connectivity index (χ0n) is 10.0. The van der Waals surface area contributed by atoms with E-state index in [1.165, 1.54) is 12.3 Å². The number of esters is 1. The zero-order valence-corrected chi connectivity index (χ0v) is 10.0. The number of ether oxygens (including phenoxy) is 2. The smallest absolute Gasteiger partial charge is 0.335 e. The van der Waals surface area contributed by atoms with Crippen LogP contribution in [-0.2, 0) is 9.59 Å². The van der Waals surface area contributed by atoms with Crippen LogP contribution in [-0.4, -0.2) is 22.5 Å². The van der Waals surface area contributed by atoms with Gasteiger partial charge in [-0.25, -0.2) is 9.78 Å². The molecule has 94 valence electrons. The zero-order chi connectivity index (χ0) is 13.3. The van der Waals surface area contributed by atoms with E-state index < -0.39 is 11.6 Å². The van der Waals surface area contributed by atoms with E-state index in [9.17, 15) is 9.59 Å². The molecule has 1 aliphatic rings. The molecule has 2 rings (SSSR count). The normalized spacial score (nSPS) is 16.0. The number of hydrogen-bond donors (Lipinski definition) is 1. The Morgan fingerprint density at radius 2 is 2.33 bits per heavy atom. The highest BCUT2D eigenvalue weighted by Crippen LogP contribution is 2.34. The summed E-state index contributed by atoms with van der Waals surface area (Å²) < 4.78 is 10.4. The van der Waals surface area contributed by atoms with Crippen molar-refractivity contribution in [1.29, 1.82) is 0 Å². The average molecular weight is 248 g/mol. The Morgan fingerprint density at radius 3 is 3.00 bits per heavy atom. The third-order valence-corrected chi connectivity index (χ3v) is 2.36. The second kappa shape index (κ2) is 4.14. The van der Waals surface area contributed by atoms with Gasteiger partial charge >= 0.3 is 5.97 Å². The molecule has 6 nitrogen and oxygen atoms in total. The molecular weight excluding hydrogens is 236 g/mol. The van der Waals surface area contributed by atoms with Gasteiger partial charge in [0.2, 0.25) is 0 Å². The lowest BCUT2D eigenvalue weighted by Crippen LogP contribution is -2.45. The summed E-state index contributed by atoms with van der Waals surface area (Å²) in [5, 5.41) is 2.61. The second-order valence-electron chi connectivity index (χ2n) is 4.21. The maximum Gasteiger partial charge on any atom is 0.335 e. The van der Waals surface area contributed by atoms with E-state index in [0.717, 1.165) is 6.08 Å². The molecule has 2 heterocycles. The number of pyridine rings is 1. The predicted molar refractivity (Wildman–Crippen MR) is 63.4 cm³/mol. The van der Waals surface area contributed by atoms with Gasteiger partial charge in [0.1, 0.15) is 0 Å². The SMILES string of the molecule is C=CC(=O)Oc1cnc2c(c1)OC(C)(C)C(=O)N2. The molecule has 0 unspecified atom stereocenters. The monoisotopic (exact) mass is 248 g/mol. The number of carbonyl (C=O) groups excluding carboxylic acids is 2. The van der Waals surface area contributed by atoms with Gasteiger partial charge in [0.25, 0.3) is 5.91 Å². The lowest BCUT2D eigenvalue weighted by atomic mass is 10.1. The summed E-state index contributed by atoms with van der Waals surface area (Å²) in [5.74, 6) is 0.0199. The summed E-state index contributed by atoms with van der Waals surface area (Å²) in [5.41, 5.74) is -0.990. The molecule has 0 saturated carbocycles. The quantitative estimate of drug-likeness (QED) is 0.630. The third-order valence-electron chi connectivity index (χ3n) is 2.36. The van der Waals surface area contributed by atoms with Gasteiger partial charge in [-0.1, -0.05) is 6.58 Å². The minimum absolute atomic E-state index is 0.227. The largest absolute Gasteiger partial charge is 0.474 e. The van der Waals surface area contributed by atoms with Crippen LogP contribution in [0, 0.1) is 0 Å². The summed E-state index contributed by atoms with van der Waals surface area (Å²) in [6.45, 7) is 6.56. The van der Waals surface area contributed by atoms with Crippen LogP contribution in [0.15, 0.2) is 24.9 Å². The second-order valence-corrected chi connectivity index (χ2v) is 4.21. The first kappa shape index (κ1) is 12.1. The number of nitrogens with zero attached hydrogens (tertiary/aromatic N) is 1. The summed E-state index contributed by atoms with van der Waals surface area (Å²) in [7, 11) is 0. The van der Waals surface area contributed by atoms with Crippen molar-refractivity contribution in [3.8, 4) is 11.5 Å². The van der Waals surface area contributed by atoms with Crippen LogP contribution in [0.1, 0.15) is 13.8 Å². The van der Waals surface area contributed by atoms with Gasteiger partial charge in [-0.2, -0.15) is 0 Å². The van der Waals surface area contributed by atoms with Crippen LogP contribution in [0.25, 0.3) is 0 Å². The number of rotatable bonds is 2. The van der Waals surface area contributed by atoms with Crippen molar-refractivity contribution >= 4 is 17.7 Å². The molecule has 18 heavy (non-hydrogen) atoms. The van der Waals surface area contributed by atoms with Gasteiger partial charge in [0.15, 0.2) is 22.9 Å². The Hall–Kier alpha value is -2.37. The fourth-order valence-corrected chi connectivity index (χ4v) is 1.39. The molecule has 0 fully saturated rings. The Bertz CT molecular complexity index is 537. The first-order chi connectivity index (χ1) is 8.42. The highest BCUT2D eigenvalue weighted by Gasteiger charge is 2.36. The van der Waals surface area contributed by atoms with Crippen molar-refractivity contribution in [2.45, 2.75) is 19.4 Å². The maximum atomic E-state index is 11.6. The van der Waals surface area contributed by atoms with Crippen molar-refractivity contribution in [2.75, 3.05) is 5.32 Å². The first-order valence-electron chi connectivity index (χ1n) is 5.27. The molecule has 0 spiro atoms. The Labute approximate surface area is 104 Å². The number of nitrogens with one attached hydrogen (secondary N) is 1. The molecule has 1 aromatic heterocycles. The van der Waals surface area contributed by atoms with E-state index in [-0.39, 0.29) is 11.7 Å². The first-order valence-corrected chi connectivity index (χ1v) is 5.27. The number of anilines is 1. The van der Waals surface area contributed by atoms with Gasteiger partial charge in [-0.05, 0) is 13.8 Å². The summed E-state index contributed by atoms with van der Waals surface area (Å²) in [6.07, 6.45) is 2.37. The number of carbonyl (C=O) groups is 2. The molecule has 6 heteroatoms. The molecule has 0 aromatic carbocycles. The molecule has 1 N–H and O–H groups in total. The maximum absolute atomic E-state index is 11.6. The molecule has 0 saturated heterocycles. The molecule has 1 amide bonds. The van der Waals surface area contributed by atoms with Crippen LogP contribution in [0.3, 0.4) is 0 Å². The highest BCUT2D eigenvalue weighted by atomic mass is 16.5. The van der Waals surface area contributed by atoms with Crippen LogP contribution < -0.4 is 14.8 Å². The number of hydrogen-bond acceptors (Lipinski definition) is 5. The summed E-state index contributed by atoms with van der Waals surface area (Å²) >= 11 is 0. The van der Waals surface area contributed by atoms with Gasteiger partial charge in [0.05, 0.1) is 6.20 Å². The van der Waals surface area contributed by atoms with Crippen molar-refractivity contribution in [1.82, 2.24) is 4.98 Å². The molecule has 1 aliphatic heterocycles. The minimum Gasteiger partial charge on any atom is -0.474 e. The van der Waals surface area contributed by atoms with Gasteiger partial charge in [-0.15, -0.1) is 0 Å². The summed E-state index contributed by atoms with van der Waals surface area (Å²) in [4.78, 5) is 26.6. The van der Waals surface area contributed by atoms with E-state index in [1.807, 2.05) is 0 Å². The van der Waals surface area contributed by atoms with Crippen molar-refractivity contribution < 1.29 is 19.1 Å². The number of fused-ring (bicyclic) bond motifs is 1. The summed E-state index contributed by atoms with van der Waals surface area (Å²) in [6, 6.07) is 1.49. The van der Waals surface area contributed by atoms with E-state index >= 15 is 0 Å². The van der Waals surface area contributed by atoms with Crippen LogP contribution in [0.2, 0.25) is 0 Å². The topological polar surface area (TPSA) is 77.5 Å². The van der Waals surface area contributed by atoms with Gasteiger partial charge in [-0.3, -0.25) is 4.79 Å². The van der Waals surface area contributed by atoms with Gasteiger partial charge in [0, 0.05) is 12.1 Å². The lowest BCUT2D eigenvalue weighted by Gasteiger charge is -2.30. The van der Waals surface area contributed by atoms with Crippen LogP contribution in [0.5, 0.6) is 11.5 Å². The predicted octanol–water partition coefficient (Wildman–Crippen LogP) is 1.28. The van der Waals surface area contributed by atoms with Crippen LogP contribution >= 0.6 is 0 Å². The Morgan fingerprint density at radius 1 is 1.61 bits per heavy atom. The lowest BCUT2D eigenvalue weighted by molar-refractivity contribution is -0.130. The minimum atomic E-state index is -0.990. The van der Waals surface area contributed by atoms with Crippen molar-refractivity contribution in [3.63, 3.8) is 0 Å². The Balaban J connectivity index is 2.30. The van der Waals surface area contributed by atoms with E-state index in [2.05, 4.69) is 16.9 Å². The Kier molecular flexibility index (Phi) is 2.78. The fraction of sp³-hybridized carbons (Fsp3) is 0.250. The molecule has 0 atom stereocenters. The van der Waals surface area contributed by atoms with E-state index in [0.29, 0.717) is 11.6 Å². The fourth-order valence-electron chi connectivity index (χ4n) is 1.39. The molecule has 0 bridgehead atoms. The standard InChI is InChI=1S/C12H12N2O4/c1-4-9(15)17-7-5-8-10(13-6-7)14-11(16)12(2,3)18-8/h4-6H,1H2,2-3H3,(H,13,14,16). The van der Waals surface area contributed by atoms with Crippen molar-refractivity contribution in [2.24, 2.45) is 0 Å². The van der Waals surface area contributed by atoms with Gasteiger partial charge < -0.3 is 14.8 Å². The van der Waals surface area contributed by atoms with Crippen LogP contribution in [0.4, 0.5) is 5.82 Å². The number of aromatic nitrogens is 1. The van der Waals surface area contributed by atoms with E-state index in [1.54, 1.807) is 13.8 Å².